The number of hydrogen-bond acceptors (Lipinski definition) is 5. The van der Waals surface area contributed by atoms with Crippen LogP contribution in [-0.2, 0) is 10.4 Å². The van der Waals surface area contributed by atoms with Crippen LogP contribution in [-0.4, -0.2) is 30.0 Å². The zero-order chi connectivity index (χ0) is 11.8. The highest BCUT2D eigenvalue weighted by atomic mass is 32.3. The van der Waals surface area contributed by atoms with Crippen LogP contribution in [0.3, 0.4) is 0 Å². The molecular weight excluding hydrogens is 210 g/mol. The quantitative estimate of drug-likeness (QED) is 0.199. The molecule has 0 saturated carbocycles. The standard InChI is InChI=1S/C6H13N3.H2O4S/c1-5(2)3-4-9-6(7)8;1-5(2,3)4/h3H,4H2,1-2H3,(H4,7,8,9);(H2,1,2,3,4)/p-2. The Morgan fingerprint density at radius 1 is 1.36 bits per heavy atom. The summed E-state index contributed by atoms with van der Waals surface area (Å²) in [5, 5.41) is 0. The monoisotopic (exact) mass is 223 g/mol. The predicted molar refractivity (Wildman–Crippen MR) is 50.6 cm³/mol. The van der Waals surface area contributed by atoms with Gasteiger partial charge in [-0.25, -0.2) is 4.99 Å². The van der Waals surface area contributed by atoms with Crippen molar-refractivity contribution in [3.05, 3.63) is 11.6 Å². The topological polar surface area (TPSA) is 145 Å². The summed E-state index contributed by atoms with van der Waals surface area (Å²) in [7, 11) is -5.17. The number of aliphatic imine (C=N–C) groups is 1. The predicted octanol–water partition coefficient (Wildman–Crippen LogP) is -1.11. The van der Waals surface area contributed by atoms with Crippen molar-refractivity contribution in [3.63, 3.8) is 0 Å². The number of hydrogen-bond donors (Lipinski definition) is 2. The van der Waals surface area contributed by atoms with Gasteiger partial charge in [0.1, 0.15) is 0 Å². The summed E-state index contributed by atoms with van der Waals surface area (Å²) in [6.45, 7) is 4.59. The Labute approximate surface area is 83.1 Å². The van der Waals surface area contributed by atoms with Gasteiger partial charge in [0.05, 0.1) is 6.54 Å². The summed E-state index contributed by atoms with van der Waals surface area (Å²) in [6, 6.07) is 0. The molecule has 7 nitrogen and oxygen atoms in total. The van der Waals surface area contributed by atoms with E-state index in [0.29, 0.717) is 6.54 Å². The van der Waals surface area contributed by atoms with Gasteiger partial charge < -0.3 is 20.6 Å². The zero-order valence-electron chi connectivity index (χ0n) is 7.93. The van der Waals surface area contributed by atoms with Crippen LogP contribution in [0.1, 0.15) is 13.8 Å². The van der Waals surface area contributed by atoms with E-state index in [4.69, 9.17) is 29.0 Å². The smallest absolute Gasteiger partial charge is 0.186 e. The normalized spacial score (nSPS) is 9.43. The van der Waals surface area contributed by atoms with Crippen molar-refractivity contribution in [1.82, 2.24) is 0 Å². The Balaban J connectivity index is 0. The maximum atomic E-state index is 8.52. The van der Waals surface area contributed by atoms with E-state index in [-0.39, 0.29) is 5.96 Å². The molecule has 0 atom stereocenters. The summed E-state index contributed by atoms with van der Waals surface area (Å²) in [6.07, 6.45) is 1.96. The van der Waals surface area contributed by atoms with Gasteiger partial charge in [-0.1, -0.05) is 11.6 Å². The highest BCUT2D eigenvalue weighted by molar-refractivity contribution is 7.79. The highest BCUT2D eigenvalue weighted by Gasteiger charge is 1.76. The molecule has 0 fully saturated rings. The van der Waals surface area contributed by atoms with E-state index in [1.165, 1.54) is 5.57 Å². The zero-order valence-corrected chi connectivity index (χ0v) is 8.74. The van der Waals surface area contributed by atoms with Crippen LogP contribution in [0.25, 0.3) is 0 Å². The minimum atomic E-state index is -5.17. The fraction of sp³-hybridized carbons (Fsp3) is 0.500. The fourth-order valence-corrected chi connectivity index (χ4v) is 0.334. The minimum absolute atomic E-state index is 0.146. The Bertz CT molecular complexity index is 275. The van der Waals surface area contributed by atoms with E-state index in [9.17, 15) is 0 Å². The fourth-order valence-electron chi connectivity index (χ4n) is 0.334. The molecule has 0 aliphatic heterocycles. The lowest BCUT2D eigenvalue weighted by Crippen LogP contribution is -2.22. The van der Waals surface area contributed by atoms with Gasteiger partial charge in [0.15, 0.2) is 5.96 Å². The number of allylic oxidation sites excluding steroid dienone is 1. The second-order valence-electron chi connectivity index (χ2n) is 2.46. The van der Waals surface area contributed by atoms with Gasteiger partial charge in [-0.15, -0.1) is 0 Å². The first kappa shape index (κ1) is 15.4. The third-order valence-electron chi connectivity index (χ3n) is 0.773. The van der Waals surface area contributed by atoms with Crippen molar-refractivity contribution in [2.24, 2.45) is 16.5 Å². The summed E-state index contributed by atoms with van der Waals surface area (Å²) in [5.74, 6) is 0.146. The van der Waals surface area contributed by atoms with E-state index in [1.807, 2.05) is 19.9 Å². The van der Waals surface area contributed by atoms with Crippen molar-refractivity contribution < 1.29 is 17.5 Å². The number of nitrogens with zero attached hydrogens (tertiary/aromatic N) is 1. The molecule has 84 valence electrons. The molecule has 0 unspecified atom stereocenters. The maximum Gasteiger partial charge on any atom is 0.186 e. The first-order valence-corrected chi connectivity index (χ1v) is 4.81. The first-order chi connectivity index (χ1) is 6.13. The largest absolute Gasteiger partial charge is 0.759 e. The minimum Gasteiger partial charge on any atom is -0.759 e. The highest BCUT2D eigenvalue weighted by Crippen LogP contribution is 1.86. The third kappa shape index (κ3) is 44.6. The lowest BCUT2D eigenvalue weighted by Gasteiger charge is -2.06. The molecule has 0 heterocycles. The molecule has 0 rings (SSSR count). The van der Waals surface area contributed by atoms with E-state index >= 15 is 0 Å². The molecule has 0 amide bonds. The van der Waals surface area contributed by atoms with Crippen molar-refractivity contribution in [1.29, 1.82) is 0 Å². The number of guanidine groups is 1. The average molecular weight is 223 g/mol. The third-order valence-corrected chi connectivity index (χ3v) is 0.773. The van der Waals surface area contributed by atoms with Gasteiger partial charge >= 0.3 is 0 Å². The van der Waals surface area contributed by atoms with Crippen molar-refractivity contribution in [2.45, 2.75) is 13.8 Å². The van der Waals surface area contributed by atoms with Gasteiger partial charge in [-0.05, 0) is 13.8 Å². The van der Waals surface area contributed by atoms with E-state index < -0.39 is 10.4 Å². The molecule has 8 heteroatoms. The van der Waals surface area contributed by atoms with Gasteiger partial charge in [-0.2, -0.15) is 0 Å². The van der Waals surface area contributed by atoms with Gasteiger partial charge in [0.2, 0.25) is 0 Å². The molecule has 0 aliphatic carbocycles. The number of rotatable bonds is 2. The molecule has 0 aromatic heterocycles. The summed E-state index contributed by atoms with van der Waals surface area (Å²) in [5.41, 5.74) is 11.4. The van der Waals surface area contributed by atoms with Crippen molar-refractivity contribution in [2.75, 3.05) is 6.54 Å². The van der Waals surface area contributed by atoms with Crippen LogP contribution in [0, 0.1) is 0 Å². The van der Waals surface area contributed by atoms with Gasteiger partial charge in [0.25, 0.3) is 0 Å². The molecule has 0 radical (unpaired) electrons. The summed E-state index contributed by atoms with van der Waals surface area (Å²) >= 11 is 0. The second kappa shape index (κ2) is 7.30. The SMILES string of the molecule is CC(C)=CCN=C(N)N.O=S(=O)([O-])[O-]. The van der Waals surface area contributed by atoms with Crippen LogP contribution < -0.4 is 11.5 Å². The molecule has 0 aliphatic rings. The Kier molecular flexibility index (Phi) is 8.01. The molecule has 0 aromatic carbocycles. The summed E-state index contributed by atoms with van der Waals surface area (Å²) in [4.78, 5) is 3.76. The molecule has 4 N–H and O–H groups in total. The molecular formula is C6H13N3O4S-2. The van der Waals surface area contributed by atoms with Crippen molar-refractivity contribution >= 4 is 16.4 Å². The molecule has 0 saturated heterocycles. The van der Waals surface area contributed by atoms with Crippen LogP contribution >= 0.6 is 0 Å². The van der Waals surface area contributed by atoms with Crippen molar-refractivity contribution in [3.8, 4) is 0 Å². The van der Waals surface area contributed by atoms with Gasteiger partial charge in [-0.3, -0.25) is 8.42 Å². The van der Waals surface area contributed by atoms with Crippen LogP contribution in [0.5, 0.6) is 0 Å². The maximum absolute atomic E-state index is 8.52. The van der Waals surface area contributed by atoms with E-state index in [0.717, 1.165) is 0 Å². The van der Waals surface area contributed by atoms with E-state index in [2.05, 4.69) is 4.99 Å². The van der Waals surface area contributed by atoms with Crippen LogP contribution in [0.2, 0.25) is 0 Å². The second-order valence-corrected chi connectivity index (χ2v) is 3.27. The van der Waals surface area contributed by atoms with E-state index in [1.54, 1.807) is 0 Å². The lowest BCUT2D eigenvalue weighted by atomic mass is 10.3. The number of nitrogens with two attached hydrogens (primary N) is 2. The molecule has 14 heavy (non-hydrogen) atoms. The van der Waals surface area contributed by atoms with Gasteiger partial charge in [0, 0.05) is 10.4 Å². The average Bonchev–Trinajstić information content (AvgIpc) is 1.80. The van der Waals surface area contributed by atoms with Crippen LogP contribution in [0.4, 0.5) is 0 Å². The molecule has 0 aromatic rings. The lowest BCUT2D eigenvalue weighted by molar-refractivity contribution is 0.352. The first-order valence-electron chi connectivity index (χ1n) is 3.48. The Morgan fingerprint density at radius 2 is 1.71 bits per heavy atom. The summed E-state index contributed by atoms with van der Waals surface area (Å²) < 4.78 is 34.1. The Hall–Kier alpha value is -1.12. The van der Waals surface area contributed by atoms with Crippen LogP contribution in [0.15, 0.2) is 16.6 Å². The molecule has 0 bridgehead atoms. The molecule has 0 spiro atoms. The Morgan fingerprint density at radius 3 is 1.93 bits per heavy atom.